The summed E-state index contributed by atoms with van der Waals surface area (Å²) in [4.78, 5) is 37.1. The lowest BCUT2D eigenvalue weighted by Gasteiger charge is -2.14. The topological polar surface area (TPSA) is 104 Å². The van der Waals surface area contributed by atoms with Crippen LogP contribution in [0.1, 0.15) is 15.9 Å². The van der Waals surface area contributed by atoms with Gasteiger partial charge in [0, 0.05) is 25.3 Å². The number of anilines is 1. The van der Waals surface area contributed by atoms with Crippen LogP contribution in [0.2, 0.25) is 0 Å². The lowest BCUT2D eigenvalue weighted by atomic mass is 10.1. The van der Waals surface area contributed by atoms with Gasteiger partial charge in [0.25, 0.3) is 11.1 Å². The van der Waals surface area contributed by atoms with Crippen molar-refractivity contribution in [2.75, 3.05) is 25.2 Å². The molecule has 2 aromatic rings. The number of carbonyl (C=O) groups excluding carboxylic acids is 3. The molecular weight excluding hydrogens is 414 g/mol. The average molecular weight is 434 g/mol. The standard InChI is InChI=1S/C19H19N3O5S2/c1-21(2)29(26,27)16-5-3-4-14(10-16)18(24)20-15-8-6-13(7-9-15)11-22-17(23)12-28-19(22)25/h3-10H,11-12H2,1-2H3,(H,20,24). The summed E-state index contributed by atoms with van der Waals surface area (Å²) in [5.74, 6) is -0.505. The third kappa shape index (κ3) is 4.66. The van der Waals surface area contributed by atoms with E-state index in [-0.39, 0.29) is 33.9 Å². The van der Waals surface area contributed by atoms with Gasteiger partial charge in [-0.25, -0.2) is 12.7 Å². The molecule has 0 aromatic heterocycles. The Labute approximate surface area is 172 Å². The van der Waals surface area contributed by atoms with E-state index in [9.17, 15) is 22.8 Å². The van der Waals surface area contributed by atoms with Crippen molar-refractivity contribution in [1.29, 1.82) is 0 Å². The molecule has 3 amide bonds. The second-order valence-electron chi connectivity index (χ2n) is 6.50. The van der Waals surface area contributed by atoms with Crippen molar-refractivity contribution < 1.29 is 22.8 Å². The van der Waals surface area contributed by atoms with Crippen molar-refractivity contribution in [3.05, 3.63) is 59.7 Å². The van der Waals surface area contributed by atoms with Crippen molar-refractivity contribution in [2.24, 2.45) is 0 Å². The van der Waals surface area contributed by atoms with Gasteiger partial charge in [-0.3, -0.25) is 19.3 Å². The summed E-state index contributed by atoms with van der Waals surface area (Å²) < 4.78 is 25.5. The van der Waals surface area contributed by atoms with Crippen LogP contribution in [0, 0.1) is 0 Å². The second kappa shape index (κ2) is 8.36. The maximum absolute atomic E-state index is 12.5. The summed E-state index contributed by atoms with van der Waals surface area (Å²) in [6.45, 7) is 0.184. The fraction of sp³-hybridized carbons (Fsp3) is 0.211. The van der Waals surface area contributed by atoms with Crippen LogP contribution in [0.3, 0.4) is 0 Å². The van der Waals surface area contributed by atoms with E-state index in [1.54, 1.807) is 24.3 Å². The highest BCUT2D eigenvalue weighted by Gasteiger charge is 2.29. The Balaban J connectivity index is 1.70. The summed E-state index contributed by atoms with van der Waals surface area (Å²) in [7, 11) is -0.796. The molecular formula is C19H19N3O5S2. The first-order valence-corrected chi connectivity index (χ1v) is 11.0. The second-order valence-corrected chi connectivity index (χ2v) is 9.58. The molecule has 0 radical (unpaired) electrons. The van der Waals surface area contributed by atoms with Crippen LogP contribution >= 0.6 is 11.8 Å². The van der Waals surface area contributed by atoms with Crippen LogP contribution < -0.4 is 5.32 Å². The lowest BCUT2D eigenvalue weighted by Crippen LogP contribution is -2.27. The molecule has 152 valence electrons. The first-order chi connectivity index (χ1) is 13.7. The third-order valence-electron chi connectivity index (χ3n) is 4.27. The third-order valence-corrected chi connectivity index (χ3v) is 6.94. The Morgan fingerprint density at radius 2 is 1.83 bits per heavy atom. The quantitative estimate of drug-likeness (QED) is 0.750. The maximum atomic E-state index is 12.5. The average Bonchev–Trinajstić information content (AvgIpc) is 3.01. The number of rotatable bonds is 6. The zero-order chi connectivity index (χ0) is 21.2. The van der Waals surface area contributed by atoms with E-state index in [4.69, 9.17) is 0 Å². The van der Waals surface area contributed by atoms with E-state index in [0.717, 1.165) is 21.6 Å². The summed E-state index contributed by atoms with van der Waals surface area (Å²) in [5, 5.41) is 2.44. The molecule has 10 heteroatoms. The monoisotopic (exact) mass is 433 g/mol. The smallest absolute Gasteiger partial charge is 0.289 e. The molecule has 0 saturated carbocycles. The van der Waals surface area contributed by atoms with Crippen molar-refractivity contribution in [3.63, 3.8) is 0 Å². The number of benzene rings is 2. The minimum absolute atomic E-state index is 0.0308. The van der Waals surface area contributed by atoms with E-state index in [1.165, 1.54) is 43.3 Å². The Morgan fingerprint density at radius 3 is 2.41 bits per heavy atom. The molecule has 0 spiro atoms. The number of hydrogen-bond donors (Lipinski definition) is 1. The molecule has 2 aromatic carbocycles. The first kappa shape index (κ1) is 21.0. The fourth-order valence-electron chi connectivity index (χ4n) is 2.62. The minimum Gasteiger partial charge on any atom is -0.322 e. The van der Waals surface area contributed by atoms with Crippen LogP contribution in [0.4, 0.5) is 10.5 Å². The highest BCUT2D eigenvalue weighted by molar-refractivity contribution is 8.14. The molecule has 29 heavy (non-hydrogen) atoms. The van der Waals surface area contributed by atoms with Gasteiger partial charge in [0.2, 0.25) is 15.9 Å². The largest absolute Gasteiger partial charge is 0.322 e. The predicted octanol–water partition coefficient (Wildman–Crippen LogP) is 2.38. The van der Waals surface area contributed by atoms with Crippen LogP contribution in [0.25, 0.3) is 0 Å². The molecule has 8 nitrogen and oxygen atoms in total. The molecule has 0 atom stereocenters. The maximum Gasteiger partial charge on any atom is 0.289 e. The normalized spacial score (nSPS) is 14.5. The summed E-state index contributed by atoms with van der Waals surface area (Å²) in [6.07, 6.45) is 0. The first-order valence-electron chi connectivity index (χ1n) is 8.58. The Kier molecular flexibility index (Phi) is 6.06. The summed E-state index contributed by atoms with van der Waals surface area (Å²) in [6, 6.07) is 12.5. The van der Waals surface area contributed by atoms with Crippen LogP contribution in [-0.2, 0) is 21.4 Å². The number of amides is 3. The molecule has 1 aliphatic heterocycles. The molecule has 1 aliphatic rings. The molecule has 1 fully saturated rings. The van der Waals surface area contributed by atoms with Gasteiger partial charge in [-0.05, 0) is 35.9 Å². The summed E-state index contributed by atoms with van der Waals surface area (Å²) in [5.41, 5.74) is 1.47. The number of nitrogens with zero attached hydrogens (tertiary/aromatic N) is 2. The molecule has 0 aliphatic carbocycles. The van der Waals surface area contributed by atoms with E-state index in [2.05, 4.69) is 5.32 Å². The zero-order valence-electron chi connectivity index (χ0n) is 15.8. The van der Waals surface area contributed by atoms with Gasteiger partial charge >= 0.3 is 0 Å². The number of hydrogen-bond acceptors (Lipinski definition) is 6. The van der Waals surface area contributed by atoms with Gasteiger partial charge in [0.15, 0.2) is 0 Å². The van der Waals surface area contributed by atoms with E-state index < -0.39 is 15.9 Å². The Morgan fingerprint density at radius 1 is 1.14 bits per heavy atom. The van der Waals surface area contributed by atoms with E-state index >= 15 is 0 Å². The van der Waals surface area contributed by atoms with Crippen molar-refractivity contribution in [1.82, 2.24) is 9.21 Å². The minimum atomic E-state index is -3.64. The van der Waals surface area contributed by atoms with Gasteiger partial charge in [-0.2, -0.15) is 0 Å². The van der Waals surface area contributed by atoms with Gasteiger partial charge in [0.1, 0.15) is 0 Å². The number of carbonyl (C=O) groups is 3. The number of thioether (sulfide) groups is 1. The SMILES string of the molecule is CN(C)S(=O)(=O)c1cccc(C(=O)Nc2ccc(CN3C(=O)CSC3=O)cc2)c1. The highest BCUT2D eigenvalue weighted by atomic mass is 32.2. The van der Waals surface area contributed by atoms with Crippen LogP contribution in [-0.4, -0.2) is 54.5 Å². The number of sulfonamides is 1. The molecule has 0 bridgehead atoms. The molecule has 0 unspecified atom stereocenters. The molecule has 3 rings (SSSR count). The molecule has 1 heterocycles. The van der Waals surface area contributed by atoms with Crippen molar-refractivity contribution in [3.8, 4) is 0 Å². The van der Waals surface area contributed by atoms with Gasteiger partial charge in [0.05, 0.1) is 17.2 Å². The van der Waals surface area contributed by atoms with Gasteiger partial charge in [-0.1, -0.05) is 30.0 Å². The Hall–Kier alpha value is -2.69. The van der Waals surface area contributed by atoms with E-state index in [0.29, 0.717) is 5.69 Å². The Bertz CT molecular complexity index is 1050. The van der Waals surface area contributed by atoms with Gasteiger partial charge in [-0.15, -0.1) is 0 Å². The van der Waals surface area contributed by atoms with Crippen molar-refractivity contribution >= 4 is 44.5 Å². The van der Waals surface area contributed by atoms with Crippen molar-refractivity contribution in [2.45, 2.75) is 11.4 Å². The zero-order valence-corrected chi connectivity index (χ0v) is 17.4. The lowest BCUT2D eigenvalue weighted by molar-refractivity contribution is -0.125. The number of imide groups is 1. The number of nitrogens with one attached hydrogen (secondary N) is 1. The molecule has 1 N–H and O–H groups in total. The van der Waals surface area contributed by atoms with E-state index in [1.807, 2.05) is 0 Å². The molecule has 1 saturated heterocycles. The van der Waals surface area contributed by atoms with Crippen LogP contribution in [0.15, 0.2) is 53.4 Å². The summed E-state index contributed by atoms with van der Waals surface area (Å²) >= 11 is 0.981. The predicted molar refractivity (Wildman–Crippen MR) is 110 cm³/mol. The van der Waals surface area contributed by atoms with Gasteiger partial charge < -0.3 is 5.32 Å². The fourth-order valence-corrected chi connectivity index (χ4v) is 4.29. The highest BCUT2D eigenvalue weighted by Crippen LogP contribution is 2.22. The van der Waals surface area contributed by atoms with Crippen LogP contribution in [0.5, 0.6) is 0 Å².